The van der Waals surface area contributed by atoms with Gasteiger partial charge in [0, 0.05) is 0 Å². The van der Waals surface area contributed by atoms with E-state index in [0.717, 1.165) is 10.6 Å². The van der Waals surface area contributed by atoms with E-state index in [0.29, 0.717) is 5.76 Å². The molecule has 0 radical (unpaired) electrons. The van der Waals surface area contributed by atoms with E-state index in [9.17, 15) is 13.2 Å². The molecule has 5 nitrogen and oxygen atoms in total. The first kappa shape index (κ1) is 13.2. The highest BCUT2D eigenvalue weighted by Crippen LogP contribution is 2.14. The summed E-state index contributed by atoms with van der Waals surface area (Å²) in [6.07, 6.45) is 2.45. The lowest BCUT2D eigenvalue weighted by Gasteiger charge is -2.22. The normalized spacial score (nSPS) is 14.0. The molecule has 16 heavy (non-hydrogen) atoms. The number of rotatable bonds is 5. The van der Waals surface area contributed by atoms with Gasteiger partial charge in [-0.1, -0.05) is 0 Å². The Hall–Kier alpha value is -0.850. The number of carbonyl (C=O) groups is 1. The summed E-state index contributed by atoms with van der Waals surface area (Å²) in [6, 6.07) is 2.36. The zero-order chi connectivity index (χ0) is 12.3. The summed E-state index contributed by atoms with van der Waals surface area (Å²) < 4.78 is 29.0. The zero-order valence-corrected chi connectivity index (χ0v) is 10.5. The van der Waals surface area contributed by atoms with Crippen molar-refractivity contribution in [3.8, 4) is 0 Å². The third kappa shape index (κ3) is 3.33. The van der Waals surface area contributed by atoms with E-state index >= 15 is 0 Å². The highest BCUT2D eigenvalue weighted by atomic mass is 35.5. The van der Waals surface area contributed by atoms with Crippen LogP contribution < -0.4 is 0 Å². The molecule has 0 bridgehead atoms. The topological polar surface area (TPSA) is 67.6 Å². The van der Waals surface area contributed by atoms with Gasteiger partial charge in [0.25, 0.3) is 0 Å². The molecule has 1 aromatic heterocycles. The van der Waals surface area contributed by atoms with Crippen LogP contribution in [0.4, 0.5) is 0 Å². The Labute approximate surface area is 99.0 Å². The summed E-state index contributed by atoms with van der Waals surface area (Å²) >= 11 is 5.29. The maximum atomic E-state index is 11.5. The molecular formula is C9H12ClNO4S. The van der Waals surface area contributed by atoms with Crippen molar-refractivity contribution < 1.29 is 17.6 Å². The van der Waals surface area contributed by atoms with Crippen LogP contribution in [0.2, 0.25) is 0 Å². The van der Waals surface area contributed by atoms with Crippen molar-refractivity contribution in [2.45, 2.75) is 19.5 Å². The van der Waals surface area contributed by atoms with Crippen LogP contribution in [0.15, 0.2) is 22.8 Å². The summed E-state index contributed by atoms with van der Waals surface area (Å²) in [6.45, 7) is 1.42. The molecule has 1 unspecified atom stereocenters. The maximum absolute atomic E-state index is 11.5. The standard InChI is InChI=1S/C9H12ClNO4S/c1-7(9(10)12)11(16(2,13)14)6-8-4-3-5-15-8/h3-5,7H,6H2,1-2H3. The summed E-state index contributed by atoms with van der Waals surface area (Å²) in [5.74, 6) is 0.454. The Bertz CT molecular complexity index is 454. The van der Waals surface area contributed by atoms with Crippen molar-refractivity contribution in [3.05, 3.63) is 24.2 Å². The van der Waals surface area contributed by atoms with E-state index in [1.54, 1.807) is 12.1 Å². The molecule has 0 aliphatic rings. The quantitative estimate of drug-likeness (QED) is 0.750. The van der Waals surface area contributed by atoms with Crippen molar-refractivity contribution in [1.82, 2.24) is 4.31 Å². The van der Waals surface area contributed by atoms with Crippen molar-refractivity contribution in [2.24, 2.45) is 0 Å². The van der Waals surface area contributed by atoms with Crippen molar-refractivity contribution in [1.29, 1.82) is 0 Å². The van der Waals surface area contributed by atoms with Gasteiger partial charge in [-0.15, -0.1) is 0 Å². The Kier molecular flexibility index (Phi) is 4.12. The fraction of sp³-hybridized carbons (Fsp3) is 0.444. The molecule has 0 aliphatic carbocycles. The zero-order valence-electron chi connectivity index (χ0n) is 8.88. The molecule has 1 aromatic rings. The molecule has 0 fully saturated rings. The molecule has 1 heterocycles. The van der Waals surface area contributed by atoms with Crippen LogP contribution in [0.1, 0.15) is 12.7 Å². The highest BCUT2D eigenvalue weighted by molar-refractivity contribution is 7.88. The van der Waals surface area contributed by atoms with Gasteiger partial charge in [0.1, 0.15) is 5.76 Å². The lowest BCUT2D eigenvalue weighted by atomic mass is 10.3. The third-order valence-corrected chi connectivity index (χ3v) is 3.69. The monoisotopic (exact) mass is 265 g/mol. The van der Waals surface area contributed by atoms with E-state index in [2.05, 4.69) is 0 Å². The van der Waals surface area contributed by atoms with Gasteiger partial charge < -0.3 is 4.42 Å². The van der Waals surface area contributed by atoms with E-state index in [-0.39, 0.29) is 6.54 Å². The number of carbonyl (C=O) groups excluding carboxylic acids is 1. The molecule has 0 amide bonds. The predicted octanol–water partition coefficient (Wildman–Crippen LogP) is 1.20. The van der Waals surface area contributed by atoms with Crippen LogP contribution in [0.5, 0.6) is 0 Å². The van der Waals surface area contributed by atoms with Gasteiger partial charge in [-0.2, -0.15) is 4.31 Å². The molecule has 0 aliphatic heterocycles. The largest absolute Gasteiger partial charge is 0.468 e. The van der Waals surface area contributed by atoms with Gasteiger partial charge in [-0.3, -0.25) is 4.79 Å². The second-order valence-electron chi connectivity index (χ2n) is 3.37. The fourth-order valence-electron chi connectivity index (χ4n) is 1.21. The molecule has 0 N–H and O–H groups in total. The molecule has 1 rings (SSSR count). The first-order valence-electron chi connectivity index (χ1n) is 4.51. The fourth-order valence-corrected chi connectivity index (χ4v) is 2.42. The molecule has 0 saturated carbocycles. The Morgan fingerprint density at radius 1 is 1.62 bits per heavy atom. The van der Waals surface area contributed by atoms with Gasteiger partial charge in [0.05, 0.1) is 25.1 Å². The summed E-state index contributed by atoms with van der Waals surface area (Å²) in [5, 5.41) is -0.725. The number of furan rings is 1. The van der Waals surface area contributed by atoms with E-state index < -0.39 is 21.3 Å². The van der Waals surface area contributed by atoms with Crippen LogP contribution in [-0.4, -0.2) is 30.3 Å². The SMILES string of the molecule is CC(C(=O)Cl)N(Cc1ccco1)S(C)(=O)=O. The van der Waals surface area contributed by atoms with Gasteiger partial charge >= 0.3 is 0 Å². The van der Waals surface area contributed by atoms with Crippen molar-refractivity contribution >= 4 is 26.9 Å². The van der Waals surface area contributed by atoms with Crippen LogP contribution in [0.25, 0.3) is 0 Å². The average molecular weight is 266 g/mol. The molecular weight excluding hydrogens is 254 g/mol. The lowest BCUT2D eigenvalue weighted by Crippen LogP contribution is -2.40. The van der Waals surface area contributed by atoms with E-state index in [4.69, 9.17) is 16.0 Å². The summed E-state index contributed by atoms with van der Waals surface area (Å²) in [5.41, 5.74) is 0. The predicted molar refractivity (Wildman–Crippen MR) is 59.4 cm³/mol. The van der Waals surface area contributed by atoms with Crippen LogP contribution in [0, 0.1) is 0 Å². The Morgan fingerprint density at radius 3 is 2.62 bits per heavy atom. The van der Waals surface area contributed by atoms with Gasteiger partial charge in [0.15, 0.2) is 0 Å². The second-order valence-corrected chi connectivity index (χ2v) is 5.68. The van der Waals surface area contributed by atoms with E-state index in [1.165, 1.54) is 13.2 Å². The Balaban J connectivity index is 2.93. The van der Waals surface area contributed by atoms with Crippen LogP contribution in [-0.2, 0) is 21.4 Å². The summed E-state index contributed by atoms with van der Waals surface area (Å²) in [4.78, 5) is 11.0. The first-order valence-corrected chi connectivity index (χ1v) is 6.73. The maximum Gasteiger partial charge on any atom is 0.239 e. The second kappa shape index (κ2) is 4.99. The number of sulfonamides is 1. The number of hydrogen-bond acceptors (Lipinski definition) is 4. The van der Waals surface area contributed by atoms with Crippen molar-refractivity contribution in [2.75, 3.05) is 6.26 Å². The summed E-state index contributed by atoms with van der Waals surface area (Å²) in [7, 11) is -3.52. The van der Waals surface area contributed by atoms with Crippen molar-refractivity contribution in [3.63, 3.8) is 0 Å². The minimum Gasteiger partial charge on any atom is -0.468 e. The minimum atomic E-state index is -3.52. The Morgan fingerprint density at radius 2 is 2.25 bits per heavy atom. The molecule has 7 heteroatoms. The molecule has 90 valence electrons. The van der Waals surface area contributed by atoms with Crippen LogP contribution >= 0.6 is 11.6 Å². The molecule has 1 atom stereocenters. The molecule has 0 spiro atoms. The van der Waals surface area contributed by atoms with E-state index in [1.807, 2.05) is 0 Å². The number of hydrogen-bond donors (Lipinski definition) is 0. The first-order chi connectivity index (χ1) is 7.32. The average Bonchev–Trinajstić information content (AvgIpc) is 2.63. The molecule has 0 saturated heterocycles. The minimum absolute atomic E-state index is 0.00847. The molecule has 0 aromatic carbocycles. The smallest absolute Gasteiger partial charge is 0.239 e. The number of nitrogens with zero attached hydrogens (tertiary/aromatic N) is 1. The highest BCUT2D eigenvalue weighted by Gasteiger charge is 2.28. The van der Waals surface area contributed by atoms with Gasteiger partial charge in [-0.25, -0.2) is 8.42 Å². The lowest BCUT2D eigenvalue weighted by molar-refractivity contribution is -0.114. The van der Waals surface area contributed by atoms with Gasteiger partial charge in [-0.05, 0) is 30.7 Å². The van der Waals surface area contributed by atoms with Gasteiger partial charge in [0.2, 0.25) is 15.3 Å². The third-order valence-electron chi connectivity index (χ3n) is 2.08. The van der Waals surface area contributed by atoms with Crippen LogP contribution in [0.3, 0.4) is 0 Å². The number of halogens is 1.